The highest BCUT2D eigenvalue weighted by Crippen LogP contribution is 2.56. The van der Waals surface area contributed by atoms with Crippen molar-refractivity contribution in [2.75, 3.05) is 13.7 Å². The van der Waals surface area contributed by atoms with E-state index in [0.29, 0.717) is 30.4 Å². The molecule has 7 heteroatoms. The van der Waals surface area contributed by atoms with Crippen molar-refractivity contribution in [2.45, 2.75) is 44.1 Å². The van der Waals surface area contributed by atoms with Gasteiger partial charge in [0.15, 0.2) is 0 Å². The maximum Gasteiger partial charge on any atom is 0.407 e. The van der Waals surface area contributed by atoms with Crippen LogP contribution in [0.3, 0.4) is 0 Å². The summed E-state index contributed by atoms with van der Waals surface area (Å²) in [5.41, 5.74) is 0.566. The van der Waals surface area contributed by atoms with Crippen LogP contribution in [0.1, 0.15) is 54.1 Å². The first-order valence-corrected chi connectivity index (χ1v) is 8.31. The van der Waals surface area contributed by atoms with Gasteiger partial charge in [0.05, 0.1) is 18.7 Å². The van der Waals surface area contributed by atoms with Crippen LogP contribution in [0.4, 0.5) is 13.6 Å². The average Bonchev–Trinajstić information content (AvgIpc) is 2.88. The molecule has 1 aromatic carbocycles. The second kappa shape index (κ2) is 6.28. The normalized spacial score (nSPS) is 28.1. The lowest BCUT2D eigenvalue weighted by molar-refractivity contribution is -0.0196. The molecular weight excluding hydrogens is 332 g/mol. The van der Waals surface area contributed by atoms with Crippen molar-refractivity contribution >= 4 is 12.1 Å². The molecule has 0 bridgehead atoms. The molecule has 5 nitrogen and oxygen atoms in total. The molecule has 1 spiro atoms. The fraction of sp³-hybridized carbons (Fsp3) is 0.556. The van der Waals surface area contributed by atoms with Crippen molar-refractivity contribution in [1.82, 2.24) is 4.90 Å². The van der Waals surface area contributed by atoms with Crippen LogP contribution in [0, 0.1) is 5.41 Å². The number of methoxy groups -OCH3 is 1. The number of ether oxygens (including phenoxy) is 1. The minimum Gasteiger partial charge on any atom is -0.465 e. The summed E-state index contributed by atoms with van der Waals surface area (Å²) in [4.78, 5) is 24.4. The van der Waals surface area contributed by atoms with E-state index in [-0.39, 0.29) is 19.4 Å². The summed E-state index contributed by atoms with van der Waals surface area (Å²) < 4.78 is 32.2. The van der Waals surface area contributed by atoms with Gasteiger partial charge in [-0.05, 0) is 42.4 Å². The zero-order chi connectivity index (χ0) is 18.2. The van der Waals surface area contributed by atoms with Crippen molar-refractivity contribution < 1.29 is 28.2 Å². The highest BCUT2D eigenvalue weighted by Gasteiger charge is 2.52. The Morgan fingerprint density at radius 2 is 1.88 bits per heavy atom. The number of piperidine rings is 1. The topological polar surface area (TPSA) is 66.8 Å². The molecule has 1 aliphatic carbocycles. The van der Waals surface area contributed by atoms with Crippen LogP contribution in [-0.4, -0.2) is 41.6 Å². The van der Waals surface area contributed by atoms with Gasteiger partial charge in [0, 0.05) is 19.4 Å². The lowest BCUT2D eigenvalue weighted by atomic mass is 9.72. The molecule has 0 unspecified atom stereocenters. The lowest BCUT2D eigenvalue weighted by Crippen LogP contribution is -2.44. The number of carboxylic acid groups (broad SMARTS) is 1. The standard InChI is InChI=1S/C18H21F2NO4/c1-25-15(22)13-4-2-12(3-5-13)14-10-17(6-7-18(19,20)11-17)8-9-21(14)16(23)24/h2-5,14H,6-11H2,1H3,(H,23,24)/t14-,17+/m0/s1. The summed E-state index contributed by atoms with van der Waals surface area (Å²) in [5, 5.41) is 9.49. The Bertz CT molecular complexity index is 676. The van der Waals surface area contributed by atoms with Crippen LogP contribution >= 0.6 is 0 Å². The lowest BCUT2D eigenvalue weighted by Gasteiger charge is -2.44. The second-order valence-corrected chi connectivity index (χ2v) is 7.09. The van der Waals surface area contributed by atoms with E-state index in [1.807, 2.05) is 0 Å². The van der Waals surface area contributed by atoms with Crippen LogP contribution in [0.2, 0.25) is 0 Å². The van der Waals surface area contributed by atoms with E-state index in [1.54, 1.807) is 24.3 Å². The number of nitrogens with zero attached hydrogens (tertiary/aromatic N) is 1. The average molecular weight is 353 g/mol. The monoisotopic (exact) mass is 353 g/mol. The van der Waals surface area contributed by atoms with E-state index in [9.17, 15) is 23.5 Å². The molecule has 1 amide bonds. The van der Waals surface area contributed by atoms with E-state index in [4.69, 9.17) is 0 Å². The van der Waals surface area contributed by atoms with Crippen LogP contribution < -0.4 is 0 Å². The first kappa shape index (κ1) is 17.6. The van der Waals surface area contributed by atoms with Crippen molar-refractivity contribution in [1.29, 1.82) is 0 Å². The second-order valence-electron chi connectivity index (χ2n) is 7.09. The Morgan fingerprint density at radius 1 is 1.20 bits per heavy atom. The molecular formula is C18H21F2NO4. The van der Waals surface area contributed by atoms with E-state index < -0.39 is 29.4 Å². The zero-order valence-corrected chi connectivity index (χ0v) is 14.0. The van der Waals surface area contributed by atoms with E-state index >= 15 is 0 Å². The van der Waals surface area contributed by atoms with Gasteiger partial charge < -0.3 is 14.7 Å². The first-order chi connectivity index (χ1) is 11.8. The van der Waals surface area contributed by atoms with Crippen LogP contribution in [-0.2, 0) is 4.74 Å². The third-order valence-electron chi connectivity index (χ3n) is 5.50. The molecule has 25 heavy (non-hydrogen) atoms. The van der Waals surface area contributed by atoms with Gasteiger partial charge in [-0.3, -0.25) is 0 Å². The Labute approximate surface area is 144 Å². The molecule has 3 rings (SSSR count). The molecule has 2 aliphatic rings. The number of hydrogen-bond acceptors (Lipinski definition) is 3. The molecule has 2 fully saturated rings. The Kier molecular flexibility index (Phi) is 4.43. The van der Waals surface area contributed by atoms with E-state index in [2.05, 4.69) is 4.74 Å². The summed E-state index contributed by atoms with van der Waals surface area (Å²) >= 11 is 0. The quantitative estimate of drug-likeness (QED) is 0.813. The number of rotatable bonds is 2. The fourth-order valence-corrected chi connectivity index (χ4v) is 4.18. The SMILES string of the molecule is COC(=O)c1ccc([C@@H]2C[C@]3(CCN2C(=O)O)CCC(F)(F)C3)cc1. The van der Waals surface area contributed by atoms with Gasteiger partial charge >= 0.3 is 12.1 Å². The predicted molar refractivity (Wildman–Crippen MR) is 85.7 cm³/mol. The molecule has 2 atom stereocenters. The third-order valence-corrected chi connectivity index (χ3v) is 5.50. The number of esters is 1. The van der Waals surface area contributed by atoms with Gasteiger partial charge in [0.2, 0.25) is 5.92 Å². The number of amides is 1. The van der Waals surface area contributed by atoms with Crippen molar-refractivity contribution in [3.8, 4) is 0 Å². The van der Waals surface area contributed by atoms with E-state index in [0.717, 1.165) is 0 Å². The molecule has 1 saturated heterocycles. The fourth-order valence-electron chi connectivity index (χ4n) is 4.18. The highest BCUT2D eigenvalue weighted by atomic mass is 19.3. The predicted octanol–water partition coefficient (Wildman–Crippen LogP) is 4.09. The highest BCUT2D eigenvalue weighted by molar-refractivity contribution is 5.89. The van der Waals surface area contributed by atoms with Gasteiger partial charge in [-0.25, -0.2) is 18.4 Å². The number of alkyl halides is 2. The molecule has 0 radical (unpaired) electrons. The summed E-state index contributed by atoms with van der Waals surface area (Å²) in [7, 11) is 1.29. The van der Waals surface area contributed by atoms with Crippen molar-refractivity contribution in [3.05, 3.63) is 35.4 Å². The van der Waals surface area contributed by atoms with E-state index in [1.165, 1.54) is 12.0 Å². The first-order valence-electron chi connectivity index (χ1n) is 8.31. The summed E-state index contributed by atoms with van der Waals surface area (Å²) in [6.45, 7) is 0.245. The molecule has 1 N–H and O–H groups in total. The van der Waals surface area contributed by atoms with Gasteiger partial charge in [-0.2, -0.15) is 0 Å². The smallest absolute Gasteiger partial charge is 0.407 e. The molecule has 0 aromatic heterocycles. The molecule has 1 heterocycles. The summed E-state index contributed by atoms with van der Waals surface area (Å²) in [6.07, 6.45) is -0.0951. The van der Waals surface area contributed by atoms with Gasteiger partial charge in [0.25, 0.3) is 0 Å². The van der Waals surface area contributed by atoms with Gasteiger partial charge in [-0.15, -0.1) is 0 Å². The number of hydrogen-bond donors (Lipinski definition) is 1. The maximum atomic E-state index is 13.8. The number of benzene rings is 1. The Morgan fingerprint density at radius 3 is 2.40 bits per heavy atom. The molecule has 1 saturated carbocycles. The number of carbonyl (C=O) groups is 2. The molecule has 1 aromatic rings. The Balaban J connectivity index is 1.87. The largest absolute Gasteiger partial charge is 0.465 e. The number of halogens is 2. The minimum absolute atomic E-state index is 0.131. The summed E-state index contributed by atoms with van der Waals surface area (Å²) in [6, 6.07) is 6.03. The van der Waals surface area contributed by atoms with Crippen molar-refractivity contribution in [2.24, 2.45) is 5.41 Å². The van der Waals surface area contributed by atoms with Crippen LogP contribution in [0.25, 0.3) is 0 Å². The maximum absolute atomic E-state index is 13.8. The summed E-state index contributed by atoms with van der Waals surface area (Å²) in [5.74, 6) is -3.14. The third kappa shape index (κ3) is 3.45. The number of carbonyl (C=O) groups excluding carboxylic acids is 1. The van der Waals surface area contributed by atoms with Crippen molar-refractivity contribution in [3.63, 3.8) is 0 Å². The van der Waals surface area contributed by atoms with Crippen LogP contribution in [0.5, 0.6) is 0 Å². The van der Waals surface area contributed by atoms with Gasteiger partial charge in [-0.1, -0.05) is 12.1 Å². The molecule has 136 valence electrons. The molecule has 1 aliphatic heterocycles. The van der Waals surface area contributed by atoms with Gasteiger partial charge in [0.1, 0.15) is 0 Å². The minimum atomic E-state index is -2.66. The van der Waals surface area contributed by atoms with Crippen LogP contribution in [0.15, 0.2) is 24.3 Å². The number of likely N-dealkylation sites (tertiary alicyclic amines) is 1. The zero-order valence-electron chi connectivity index (χ0n) is 14.0. The Hall–Kier alpha value is -2.18.